The Kier molecular flexibility index (Phi) is 4.96. The van der Waals surface area contributed by atoms with E-state index in [0.717, 1.165) is 24.2 Å². The molecule has 0 radical (unpaired) electrons. The average molecular weight is 433 g/mol. The van der Waals surface area contributed by atoms with E-state index in [9.17, 15) is 9.59 Å². The number of hydrogen-bond acceptors (Lipinski definition) is 8. The van der Waals surface area contributed by atoms with Crippen molar-refractivity contribution >= 4 is 35.4 Å². The van der Waals surface area contributed by atoms with Crippen LogP contribution in [0.25, 0.3) is 11.7 Å². The molecular formula is C22H23N7O3. The standard InChI is InChI=1S/C22H23N7O3/c1-12(13-3-7-17(32-2)8-4-13)24-21-27-19-15(9-14-10-18(30)26-20(14)31)11-23-29(19)22(28-21)25-16-5-6-16/h3-4,7-9,11-12,16H,5-6,10H2,1-2H3,(H,26,30,31)(H2,24,25,27,28)/b14-9+/t12-/m0/s1. The van der Waals surface area contributed by atoms with Gasteiger partial charge >= 0.3 is 0 Å². The van der Waals surface area contributed by atoms with E-state index in [4.69, 9.17) is 4.74 Å². The highest BCUT2D eigenvalue weighted by atomic mass is 16.5. The summed E-state index contributed by atoms with van der Waals surface area (Å²) in [6.07, 6.45) is 5.50. The SMILES string of the molecule is COc1ccc([C@H](C)Nc2nc(NC3CC3)n3ncc(/C=C4\CC(=O)NC4=O)c3n2)cc1. The molecule has 0 spiro atoms. The lowest BCUT2D eigenvalue weighted by atomic mass is 10.1. The molecule has 5 rings (SSSR count). The van der Waals surface area contributed by atoms with Gasteiger partial charge in [-0.25, -0.2) is 0 Å². The fourth-order valence-electron chi connectivity index (χ4n) is 3.54. The van der Waals surface area contributed by atoms with Crippen LogP contribution in [0.4, 0.5) is 11.9 Å². The van der Waals surface area contributed by atoms with Crippen molar-refractivity contribution in [3.8, 4) is 5.75 Å². The Balaban J connectivity index is 1.49. The van der Waals surface area contributed by atoms with E-state index >= 15 is 0 Å². The Bertz CT molecular complexity index is 1230. The van der Waals surface area contributed by atoms with Crippen LogP contribution in [0.3, 0.4) is 0 Å². The molecule has 1 aliphatic heterocycles. The molecule has 0 unspecified atom stereocenters. The highest BCUT2D eigenvalue weighted by Gasteiger charge is 2.26. The van der Waals surface area contributed by atoms with E-state index in [1.165, 1.54) is 0 Å². The van der Waals surface area contributed by atoms with Crippen molar-refractivity contribution in [1.29, 1.82) is 0 Å². The second-order valence-electron chi connectivity index (χ2n) is 7.99. The number of carbonyl (C=O) groups excluding carboxylic acids is 2. The van der Waals surface area contributed by atoms with E-state index in [0.29, 0.717) is 34.7 Å². The van der Waals surface area contributed by atoms with E-state index in [2.05, 4.69) is 31.0 Å². The maximum absolute atomic E-state index is 12.0. The molecule has 2 aliphatic rings. The number of anilines is 2. The van der Waals surface area contributed by atoms with E-state index in [1.54, 1.807) is 23.9 Å². The minimum Gasteiger partial charge on any atom is -0.497 e. The van der Waals surface area contributed by atoms with Crippen LogP contribution in [0, 0.1) is 0 Å². The summed E-state index contributed by atoms with van der Waals surface area (Å²) in [5.74, 6) is 1.13. The third kappa shape index (κ3) is 3.98. The first-order valence-electron chi connectivity index (χ1n) is 10.5. The highest BCUT2D eigenvalue weighted by Crippen LogP contribution is 2.27. The number of hydrogen-bond donors (Lipinski definition) is 3. The maximum atomic E-state index is 12.0. The summed E-state index contributed by atoms with van der Waals surface area (Å²) in [5.41, 5.74) is 2.64. The van der Waals surface area contributed by atoms with Crippen LogP contribution < -0.4 is 20.7 Å². The lowest BCUT2D eigenvalue weighted by molar-refractivity contribution is -0.124. The zero-order chi connectivity index (χ0) is 22.2. The summed E-state index contributed by atoms with van der Waals surface area (Å²) in [5, 5.41) is 13.4. The van der Waals surface area contributed by atoms with E-state index in [-0.39, 0.29) is 24.3 Å². The zero-order valence-corrected chi connectivity index (χ0v) is 17.8. The molecule has 0 bridgehead atoms. The number of methoxy groups -OCH3 is 1. The van der Waals surface area contributed by atoms with Gasteiger partial charge in [-0.3, -0.25) is 14.9 Å². The van der Waals surface area contributed by atoms with Crippen LogP contribution in [0.2, 0.25) is 0 Å². The molecule has 10 heteroatoms. The molecule has 2 aromatic heterocycles. The first-order valence-corrected chi connectivity index (χ1v) is 10.5. The predicted molar refractivity (Wildman–Crippen MR) is 118 cm³/mol. The Morgan fingerprint density at radius 3 is 2.66 bits per heavy atom. The van der Waals surface area contributed by atoms with Gasteiger partial charge in [0.1, 0.15) is 5.75 Å². The minimum atomic E-state index is -0.383. The van der Waals surface area contributed by atoms with Gasteiger partial charge in [-0.05, 0) is 43.5 Å². The molecule has 1 aliphatic carbocycles. The van der Waals surface area contributed by atoms with Crippen molar-refractivity contribution in [3.63, 3.8) is 0 Å². The molecule has 1 aromatic carbocycles. The topological polar surface area (TPSA) is 123 Å². The number of ether oxygens (including phenoxy) is 1. The summed E-state index contributed by atoms with van der Waals surface area (Å²) < 4.78 is 6.86. The van der Waals surface area contributed by atoms with Gasteiger partial charge in [0, 0.05) is 17.2 Å². The molecule has 1 saturated carbocycles. The van der Waals surface area contributed by atoms with Crippen molar-refractivity contribution in [1.82, 2.24) is 24.9 Å². The molecule has 164 valence electrons. The van der Waals surface area contributed by atoms with E-state index in [1.807, 2.05) is 31.2 Å². The van der Waals surface area contributed by atoms with Gasteiger partial charge in [0.2, 0.25) is 17.8 Å². The molecule has 2 fully saturated rings. The van der Waals surface area contributed by atoms with Gasteiger partial charge < -0.3 is 15.4 Å². The van der Waals surface area contributed by atoms with Crippen molar-refractivity contribution in [3.05, 3.63) is 47.2 Å². The Morgan fingerprint density at radius 1 is 1.22 bits per heavy atom. The molecule has 1 atom stereocenters. The molecule has 10 nitrogen and oxygen atoms in total. The third-order valence-electron chi connectivity index (χ3n) is 5.49. The zero-order valence-electron chi connectivity index (χ0n) is 17.8. The van der Waals surface area contributed by atoms with Crippen LogP contribution in [0.1, 0.15) is 43.4 Å². The molecular weight excluding hydrogens is 410 g/mol. The van der Waals surface area contributed by atoms with Crippen LogP contribution >= 0.6 is 0 Å². The third-order valence-corrected chi connectivity index (χ3v) is 5.49. The Hall–Kier alpha value is -3.95. The van der Waals surface area contributed by atoms with Gasteiger partial charge in [0.25, 0.3) is 5.91 Å². The largest absolute Gasteiger partial charge is 0.497 e. The Labute approximate surface area is 184 Å². The number of nitrogens with one attached hydrogen (secondary N) is 3. The molecule has 32 heavy (non-hydrogen) atoms. The monoisotopic (exact) mass is 433 g/mol. The second-order valence-corrected chi connectivity index (χ2v) is 7.99. The summed E-state index contributed by atoms with van der Waals surface area (Å²) in [4.78, 5) is 32.8. The average Bonchev–Trinajstić information content (AvgIpc) is 3.42. The number of fused-ring (bicyclic) bond motifs is 1. The number of aromatic nitrogens is 4. The number of amides is 2. The van der Waals surface area contributed by atoms with Gasteiger partial charge in [-0.15, -0.1) is 0 Å². The lowest BCUT2D eigenvalue weighted by Crippen LogP contribution is -2.19. The first-order chi connectivity index (χ1) is 15.5. The second kappa shape index (κ2) is 7.95. The van der Waals surface area contributed by atoms with Crippen LogP contribution in [-0.4, -0.2) is 44.5 Å². The highest BCUT2D eigenvalue weighted by molar-refractivity contribution is 6.15. The normalized spacial score (nSPS) is 18.1. The molecule has 3 heterocycles. The number of rotatable bonds is 7. The minimum absolute atomic E-state index is 0.0497. The summed E-state index contributed by atoms with van der Waals surface area (Å²) in [6.45, 7) is 2.02. The molecule has 3 aromatic rings. The Morgan fingerprint density at radius 2 is 2.00 bits per heavy atom. The van der Waals surface area contributed by atoms with Crippen molar-refractivity contribution < 1.29 is 14.3 Å². The first kappa shape index (κ1) is 20.0. The van der Waals surface area contributed by atoms with Crippen molar-refractivity contribution in [2.75, 3.05) is 17.7 Å². The van der Waals surface area contributed by atoms with Gasteiger partial charge in [0.15, 0.2) is 5.65 Å². The van der Waals surface area contributed by atoms with Gasteiger partial charge in [-0.2, -0.15) is 19.6 Å². The summed E-state index contributed by atoms with van der Waals surface area (Å²) in [7, 11) is 1.64. The summed E-state index contributed by atoms with van der Waals surface area (Å²) >= 11 is 0. The van der Waals surface area contributed by atoms with Crippen LogP contribution in [-0.2, 0) is 9.59 Å². The quantitative estimate of drug-likeness (QED) is 0.383. The lowest BCUT2D eigenvalue weighted by Gasteiger charge is -2.16. The predicted octanol–water partition coefficient (Wildman–Crippen LogP) is 2.31. The van der Waals surface area contributed by atoms with E-state index < -0.39 is 0 Å². The number of carbonyl (C=O) groups is 2. The number of nitrogens with zero attached hydrogens (tertiary/aromatic N) is 4. The van der Waals surface area contributed by atoms with Gasteiger partial charge in [0.05, 0.1) is 25.8 Å². The molecule has 2 amide bonds. The summed E-state index contributed by atoms with van der Waals surface area (Å²) in [6, 6.07) is 8.11. The fraction of sp³-hybridized carbons (Fsp3) is 0.318. The number of benzene rings is 1. The molecule has 3 N–H and O–H groups in total. The maximum Gasteiger partial charge on any atom is 0.254 e. The van der Waals surface area contributed by atoms with Crippen LogP contribution in [0.5, 0.6) is 5.75 Å². The molecule has 1 saturated heterocycles. The van der Waals surface area contributed by atoms with Crippen LogP contribution in [0.15, 0.2) is 36.0 Å². The number of imide groups is 1. The fourth-order valence-corrected chi connectivity index (χ4v) is 3.54. The van der Waals surface area contributed by atoms with Crippen molar-refractivity contribution in [2.45, 2.75) is 38.3 Å². The van der Waals surface area contributed by atoms with Crippen molar-refractivity contribution in [2.24, 2.45) is 0 Å². The smallest absolute Gasteiger partial charge is 0.254 e. The van der Waals surface area contributed by atoms with Gasteiger partial charge in [-0.1, -0.05) is 12.1 Å².